The number of benzene rings is 2. The van der Waals surface area contributed by atoms with E-state index in [1.54, 1.807) is 0 Å². The maximum absolute atomic E-state index is 6.09. The molecule has 0 aliphatic carbocycles. The Bertz CT molecular complexity index is 566. The fourth-order valence-electron chi connectivity index (χ4n) is 2.07. The van der Waals surface area contributed by atoms with E-state index in [2.05, 4.69) is 31.3 Å². The Morgan fingerprint density at radius 2 is 1.79 bits per heavy atom. The zero-order chi connectivity index (χ0) is 13.8. The van der Waals surface area contributed by atoms with Gasteiger partial charge >= 0.3 is 0 Å². The van der Waals surface area contributed by atoms with Crippen molar-refractivity contribution >= 4 is 28.9 Å². The fourth-order valence-corrected chi connectivity index (χ4v) is 2.38. The maximum Gasteiger partial charge on any atom is 0.0595 e. The third-order valence-corrected chi connectivity index (χ3v) is 3.97. The number of rotatable bonds is 4. The number of nitrogens with one attached hydrogen (secondary N) is 1. The monoisotopic (exact) mass is 293 g/mol. The number of hydrogen-bond acceptors (Lipinski definition) is 1. The van der Waals surface area contributed by atoms with Gasteiger partial charge in [0, 0.05) is 5.69 Å². The molecule has 19 heavy (non-hydrogen) atoms. The molecule has 0 amide bonds. The molecule has 0 heterocycles. The predicted molar refractivity (Wildman–Crippen MR) is 84.3 cm³/mol. The van der Waals surface area contributed by atoms with Crippen LogP contribution in [0, 0.1) is 6.92 Å². The van der Waals surface area contributed by atoms with Crippen LogP contribution in [0.5, 0.6) is 0 Å². The highest BCUT2D eigenvalue weighted by atomic mass is 35.5. The number of hydrogen-bond donors (Lipinski definition) is 1. The van der Waals surface area contributed by atoms with Crippen LogP contribution in [0.3, 0.4) is 0 Å². The van der Waals surface area contributed by atoms with Crippen molar-refractivity contribution in [2.45, 2.75) is 26.3 Å². The van der Waals surface area contributed by atoms with E-state index in [4.69, 9.17) is 23.2 Å². The lowest BCUT2D eigenvalue weighted by Gasteiger charge is -2.20. The first kappa shape index (κ1) is 14.2. The summed E-state index contributed by atoms with van der Waals surface area (Å²) in [7, 11) is 0. The highest BCUT2D eigenvalue weighted by Crippen LogP contribution is 2.29. The van der Waals surface area contributed by atoms with Crippen molar-refractivity contribution in [1.29, 1.82) is 0 Å². The molecule has 0 fully saturated rings. The zero-order valence-corrected chi connectivity index (χ0v) is 12.6. The molecule has 2 rings (SSSR count). The summed E-state index contributed by atoms with van der Waals surface area (Å²) in [6.45, 7) is 4.25. The van der Waals surface area contributed by atoms with E-state index in [9.17, 15) is 0 Å². The van der Waals surface area contributed by atoms with Crippen molar-refractivity contribution in [3.63, 3.8) is 0 Å². The minimum atomic E-state index is 0.232. The van der Waals surface area contributed by atoms with E-state index in [0.717, 1.165) is 17.7 Å². The number of anilines is 1. The van der Waals surface area contributed by atoms with Crippen molar-refractivity contribution < 1.29 is 0 Å². The zero-order valence-electron chi connectivity index (χ0n) is 11.1. The molecular weight excluding hydrogens is 277 g/mol. The second kappa shape index (κ2) is 6.31. The first-order valence-electron chi connectivity index (χ1n) is 6.39. The van der Waals surface area contributed by atoms with Crippen LogP contribution in [-0.2, 0) is 0 Å². The normalized spacial score (nSPS) is 12.2. The Kier molecular flexibility index (Phi) is 4.73. The molecule has 0 bridgehead atoms. The molecule has 0 saturated carbocycles. The Balaban J connectivity index is 2.25. The van der Waals surface area contributed by atoms with E-state index in [1.807, 2.05) is 30.3 Å². The highest BCUT2D eigenvalue weighted by molar-refractivity contribution is 6.42. The lowest BCUT2D eigenvalue weighted by atomic mass is 10.0. The van der Waals surface area contributed by atoms with E-state index in [-0.39, 0.29) is 6.04 Å². The quantitative estimate of drug-likeness (QED) is 0.744. The third-order valence-electron chi connectivity index (χ3n) is 3.23. The first-order valence-corrected chi connectivity index (χ1v) is 7.14. The maximum atomic E-state index is 6.09. The van der Waals surface area contributed by atoms with Crippen LogP contribution < -0.4 is 5.32 Å². The molecule has 100 valence electrons. The van der Waals surface area contributed by atoms with Gasteiger partial charge < -0.3 is 5.32 Å². The molecule has 1 nitrogen and oxygen atoms in total. The minimum absolute atomic E-state index is 0.232. The Hall–Kier alpha value is -1.18. The summed E-state index contributed by atoms with van der Waals surface area (Å²) in [5, 5.41) is 4.75. The van der Waals surface area contributed by atoms with Gasteiger partial charge in [-0.25, -0.2) is 0 Å². The average molecular weight is 294 g/mol. The Morgan fingerprint density at radius 1 is 1.05 bits per heavy atom. The van der Waals surface area contributed by atoms with Gasteiger partial charge in [-0.3, -0.25) is 0 Å². The van der Waals surface area contributed by atoms with Crippen molar-refractivity contribution in [2.75, 3.05) is 5.32 Å². The van der Waals surface area contributed by atoms with E-state index < -0.39 is 0 Å². The van der Waals surface area contributed by atoms with Crippen LogP contribution in [0.1, 0.15) is 30.5 Å². The molecule has 0 spiro atoms. The molecular formula is C16H17Cl2N. The highest BCUT2D eigenvalue weighted by Gasteiger charge is 2.11. The van der Waals surface area contributed by atoms with Gasteiger partial charge in [0.05, 0.1) is 16.1 Å². The molecule has 0 aliphatic rings. The molecule has 0 aliphatic heterocycles. The minimum Gasteiger partial charge on any atom is -0.378 e. The molecule has 0 aromatic heterocycles. The molecule has 0 radical (unpaired) electrons. The van der Waals surface area contributed by atoms with Crippen molar-refractivity contribution in [3.8, 4) is 0 Å². The van der Waals surface area contributed by atoms with Gasteiger partial charge in [0.15, 0.2) is 0 Å². The van der Waals surface area contributed by atoms with Crippen molar-refractivity contribution in [2.24, 2.45) is 0 Å². The van der Waals surface area contributed by atoms with Crippen LogP contribution >= 0.6 is 23.2 Å². The second-order valence-electron chi connectivity index (χ2n) is 4.59. The summed E-state index contributed by atoms with van der Waals surface area (Å²) in [6.07, 6.45) is 0.978. The average Bonchev–Trinajstić information content (AvgIpc) is 2.41. The van der Waals surface area contributed by atoms with Crippen LogP contribution in [0.4, 0.5) is 5.69 Å². The second-order valence-corrected chi connectivity index (χ2v) is 5.41. The lowest BCUT2D eigenvalue weighted by molar-refractivity contribution is 0.748. The molecule has 1 unspecified atom stereocenters. The van der Waals surface area contributed by atoms with Crippen LogP contribution in [0.25, 0.3) is 0 Å². The van der Waals surface area contributed by atoms with Gasteiger partial charge in [0.2, 0.25) is 0 Å². The molecule has 1 N–H and O–H groups in total. The topological polar surface area (TPSA) is 12.0 Å². The predicted octanol–water partition coefficient (Wildman–Crippen LogP) is 5.87. The van der Waals surface area contributed by atoms with Crippen molar-refractivity contribution in [1.82, 2.24) is 0 Å². The largest absolute Gasteiger partial charge is 0.378 e. The standard InChI is InChI=1S/C16H17Cl2N/c1-3-15(12-8-9-13(17)14(18)10-12)19-16-7-5-4-6-11(16)2/h4-10,15,19H,3H2,1-2H3. The SMILES string of the molecule is CCC(Nc1ccccc1C)c1ccc(Cl)c(Cl)c1. The summed E-state index contributed by atoms with van der Waals surface area (Å²) in [5.74, 6) is 0. The summed E-state index contributed by atoms with van der Waals surface area (Å²) in [6, 6.07) is 14.3. The van der Waals surface area contributed by atoms with Crippen molar-refractivity contribution in [3.05, 3.63) is 63.6 Å². The summed E-state index contributed by atoms with van der Waals surface area (Å²) in [4.78, 5) is 0. The number of para-hydroxylation sites is 1. The van der Waals surface area contributed by atoms with Gasteiger partial charge in [0.25, 0.3) is 0 Å². The van der Waals surface area contributed by atoms with E-state index in [1.165, 1.54) is 5.56 Å². The van der Waals surface area contributed by atoms with Gasteiger partial charge in [-0.05, 0) is 42.7 Å². The molecule has 2 aromatic rings. The molecule has 3 heteroatoms. The number of aryl methyl sites for hydroxylation is 1. The smallest absolute Gasteiger partial charge is 0.0595 e. The third kappa shape index (κ3) is 3.43. The molecule has 2 aromatic carbocycles. The van der Waals surface area contributed by atoms with Gasteiger partial charge in [-0.2, -0.15) is 0 Å². The summed E-state index contributed by atoms with van der Waals surface area (Å²) >= 11 is 12.1. The number of halogens is 2. The van der Waals surface area contributed by atoms with E-state index in [0.29, 0.717) is 10.0 Å². The van der Waals surface area contributed by atoms with E-state index >= 15 is 0 Å². The molecule has 1 atom stereocenters. The van der Waals surface area contributed by atoms with Gasteiger partial charge in [-0.15, -0.1) is 0 Å². The van der Waals surface area contributed by atoms with Crippen LogP contribution in [0.2, 0.25) is 10.0 Å². The Morgan fingerprint density at radius 3 is 2.42 bits per heavy atom. The summed E-state index contributed by atoms with van der Waals surface area (Å²) in [5.41, 5.74) is 3.54. The molecule has 0 saturated heterocycles. The van der Waals surface area contributed by atoms with Gasteiger partial charge in [0.1, 0.15) is 0 Å². The fraction of sp³-hybridized carbons (Fsp3) is 0.250. The van der Waals surface area contributed by atoms with Crippen LogP contribution in [0.15, 0.2) is 42.5 Å². The lowest BCUT2D eigenvalue weighted by Crippen LogP contribution is -2.10. The first-order chi connectivity index (χ1) is 9.11. The van der Waals surface area contributed by atoms with Gasteiger partial charge in [-0.1, -0.05) is 54.4 Å². The van der Waals surface area contributed by atoms with Crippen LogP contribution in [-0.4, -0.2) is 0 Å². The summed E-state index contributed by atoms with van der Waals surface area (Å²) < 4.78 is 0. The Labute approximate surface area is 124 Å².